The predicted molar refractivity (Wildman–Crippen MR) is 97.3 cm³/mol. The third-order valence-electron chi connectivity index (χ3n) is 3.70. The van der Waals surface area contributed by atoms with Gasteiger partial charge in [-0.15, -0.1) is 0 Å². The first kappa shape index (κ1) is 19.5. The SMILES string of the molecule is COc1ccccc1C(=O)COC(=O)c1ccccc1N(C)S(C)(=O)=O. The fourth-order valence-electron chi connectivity index (χ4n) is 2.26. The number of anilines is 1. The summed E-state index contributed by atoms with van der Waals surface area (Å²) in [5.41, 5.74) is 0.516. The highest BCUT2D eigenvalue weighted by Gasteiger charge is 2.21. The molecule has 0 aliphatic rings. The largest absolute Gasteiger partial charge is 0.496 e. The number of Topliss-reactive ketones (excluding diaryl/α,β-unsaturated/α-hetero) is 1. The number of carbonyl (C=O) groups excluding carboxylic acids is 2. The van der Waals surface area contributed by atoms with Crippen molar-refractivity contribution in [2.45, 2.75) is 0 Å². The van der Waals surface area contributed by atoms with Gasteiger partial charge in [0.1, 0.15) is 5.75 Å². The lowest BCUT2D eigenvalue weighted by atomic mass is 10.1. The van der Waals surface area contributed by atoms with Crippen molar-refractivity contribution in [3.8, 4) is 5.75 Å². The van der Waals surface area contributed by atoms with E-state index in [9.17, 15) is 18.0 Å². The molecule has 0 radical (unpaired) electrons. The van der Waals surface area contributed by atoms with Crippen LogP contribution in [0.3, 0.4) is 0 Å². The van der Waals surface area contributed by atoms with Crippen LogP contribution in [0, 0.1) is 0 Å². The average Bonchev–Trinajstić information content (AvgIpc) is 2.64. The molecule has 0 spiro atoms. The molecule has 0 aromatic heterocycles. The molecule has 0 amide bonds. The minimum Gasteiger partial charge on any atom is -0.496 e. The highest BCUT2D eigenvalue weighted by Crippen LogP contribution is 2.23. The van der Waals surface area contributed by atoms with Crippen LogP contribution in [0.15, 0.2) is 48.5 Å². The van der Waals surface area contributed by atoms with E-state index >= 15 is 0 Å². The van der Waals surface area contributed by atoms with Crippen LogP contribution in [0.1, 0.15) is 20.7 Å². The first-order chi connectivity index (χ1) is 12.3. The maximum Gasteiger partial charge on any atom is 0.340 e. The van der Waals surface area contributed by atoms with Crippen molar-refractivity contribution in [3.63, 3.8) is 0 Å². The second kappa shape index (κ2) is 8.01. The van der Waals surface area contributed by atoms with E-state index < -0.39 is 28.4 Å². The minimum absolute atomic E-state index is 0.0493. The lowest BCUT2D eigenvalue weighted by Crippen LogP contribution is -2.27. The highest BCUT2D eigenvalue weighted by atomic mass is 32.2. The molecule has 0 unspecified atom stereocenters. The molecule has 26 heavy (non-hydrogen) atoms. The molecule has 0 N–H and O–H groups in total. The number of methoxy groups -OCH3 is 1. The maximum atomic E-state index is 12.4. The number of rotatable bonds is 7. The van der Waals surface area contributed by atoms with Crippen molar-refractivity contribution in [3.05, 3.63) is 59.7 Å². The van der Waals surface area contributed by atoms with Crippen molar-refractivity contribution in [1.29, 1.82) is 0 Å². The fraction of sp³-hybridized carbons (Fsp3) is 0.222. The van der Waals surface area contributed by atoms with E-state index in [1.807, 2.05) is 0 Å². The van der Waals surface area contributed by atoms with Gasteiger partial charge in [-0.1, -0.05) is 24.3 Å². The smallest absolute Gasteiger partial charge is 0.340 e. The molecule has 8 heteroatoms. The summed E-state index contributed by atoms with van der Waals surface area (Å²) in [4.78, 5) is 24.6. The van der Waals surface area contributed by atoms with Crippen LogP contribution in [0.2, 0.25) is 0 Å². The Balaban J connectivity index is 2.18. The van der Waals surface area contributed by atoms with Crippen LogP contribution in [0.5, 0.6) is 5.75 Å². The molecule has 138 valence electrons. The van der Waals surface area contributed by atoms with Gasteiger partial charge >= 0.3 is 5.97 Å². The van der Waals surface area contributed by atoms with Crippen molar-refractivity contribution in [2.24, 2.45) is 0 Å². The van der Waals surface area contributed by atoms with E-state index in [0.717, 1.165) is 10.6 Å². The monoisotopic (exact) mass is 377 g/mol. The van der Waals surface area contributed by atoms with Crippen LogP contribution in [-0.4, -0.2) is 47.2 Å². The molecule has 0 aliphatic heterocycles. The predicted octanol–water partition coefficient (Wildman–Crippen LogP) is 2.13. The Hall–Kier alpha value is -2.87. The summed E-state index contributed by atoms with van der Waals surface area (Å²) in [5.74, 6) is -0.838. The molecule has 0 fully saturated rings. The Kier molecular flexibility index (Phi) is 5.99. The van der Waals surface area contributed by atoms with Gasteiger partial charge in [0.05, 0.1) is 30.2 Å². The van der Waals surface area contributed by atoms with Crippen LogP contribution < -0.4 is 9.04 Å². The lowest BCUT2D eigenvalue weighted by molar-refractivity contribution is 0.0474. The van der Waals surface area contributed by atoms with Crippen LogP contribution in [0.25, 0.3) is 0 Å². The van der Waals surface area contributed by atoms with Gasteiger partial charge < -0.3 is 9.47 Å². The Morgan fingerprint density at radius 1 is 1.00 bits per heavy atom. The van der Waals surface area contributed by atoms with Gasteiger partial charge in [0.2, 0.25) is 15.8 Å². The molecule has 0 aliphatic carbocycles. The first-order valence-electron chi connectivity index (χ1n) is 7.62. The summed E-state index contributed by atoms with van der Waals surface area (Å²) in [6, 6.07) is 12.7. The molecular formula is C18H19NO6S. The molecule has 0 saturated carbocycles. The molecule has 0 heterocycles. The number of hydrogen-bond donors (Lipinski definition) is 0. The Morgan fingerprint density at radius 3 is 2.19 bits per heavy atom. The molecule has 2 aromatic rings. The second-order valence-corrected chi connectivity index (χ2v) is 7.46. The van der Waals surface area contributed by atoms with Gasteiger partial charge in [-0.05, 0) is 24.3 Å². The third kappa shape index (κ3) is 4.40. The Morgan fingerprint density at radius 2 is 1.58 bits per heavy atom. The zero-order chi connectivity index (χ0) is 19.3. The number of nitrogens with zero attached hydrogens (tertiary/aromatic N) is 1. The number of ketones is 1. The molecule has 2 rings (SSSR count). The van der Waals surface area contributed by atoms with Gasteiger partial charge in [-0.2, -0.15) is 0 Å². The number of hydrogen-bond acceptors (Lipinski definition) is 6. The molecule has 7 nitrogen and oxygen atoms in total. The molecular weight excluding hydrogens is 358 g/mol. The summed E-state index contributed by atoms with van der Waals surface area (Å²) in [6.07, 6.45) is 1.03. The van der Waals surface area contributed by atoms with Crippen molar-refractivity contribution < 1.29 is 27.5 Å². The van der Waals surface area contributed by atoms with E-state index in [0.29, 0.717) is 11.3 Å². The van der Waals surface area contributed by atoms with Gasteiger partial charge in [0, 0.05) is 7.05 Å². The summed E-state index contributed by atoms with van der Waals surface area (Å²) in [5, 5.41) is 0. The van der Waals surface area contributed by atoms with Crippen molar-refractivity contribution in [1.82, 2.24) is 0 Å². The van der Waals surface area contributed by atoms with E-state index in [1.54, 1.807) is 36.4 Å². The quantitative estimate of drug-likeness (QED) is 0.542. The number of carbonyl (C=O) groups is 2. The molecule has 2 aromatic carbocycles. The van der Waals surface area contributed by atoms with Gasteiger partial charge in [-0.25, -0.2) is 13.2 Å². The highest BCUT2D eigenvalue weighted by molar-refractivity contribution is 7.92. The number of para-hydroxylation sites is 2. The molecule has 0 bridgehead atoms. The van der Waals surface area contributed by atoms with Crippen molar-refractivity contribution in [2.75, 3.05) is 31.3 Å². The van der Waals surface area contributed by atoms with E-state index in [1.165, 1.54) is 26.3 Å². The van der Waals surface area contributed by atoms with Gasteiger partial charge in [0.25, 0.3) is 0 Å². The number of esters is 1. The number of ether oxygens (including phenoxy) is 2. The molecule has 0 saturated heterocycles. The number of sulfonamides is 1. The maximum absolute atomic E-state index is 12.4. The topological polar surface area (TPSA) is 90.0 Å². The van der Waals surface area contributed by atoms with Crippen LogP contribution >= 0.6 is 0 Å². The lowest BCUT2D eigenvalue weighted by Gasteiger charge is -2.19. The zero-order valence-corrected chi connectivity index (χ0v) is 15.4. The van der Waals surface area contributed by atoms with E-state index in [-0.39, 0.29) is 11.3 Å². The second-order valence-electron chi connectivity index (χ2n) is 5.45. The summed E-state index contributed by atoms with van der Waals surface area (Å²) in [6.45, 7) is -0.490. The van der Waals surface area contributed by atoms with Crippen LogP contribution in [-0.2, 0) is 14.8 Å². The van der Waals surface area contributed by atoms with Gasteiger partial charge in [0.15, 0.2) is 6.61 Å². The van der Waals surface area contributed by atoms with E-state index in [4.69, 9.17) is 9.47 Å². The normalized spacial score (nSPS) is 10.9. The standard InChI is InChI=1S/C18H19NO6S/c1-19(26(3,22)23)15-10-6-4-8-13(15)18(21)25-12-16(20)14-9-5-7-11-17(14)24-2/h4-11H,12H2,1-3H3. The third-order valence-corrected chi connectivity index (χ3v) is 4.89. The summed E-state index contributed by atoms with van der Waals surface area (Å²) >= 11 is 0. The Labute approximate surface area is 152 Å². The van der Waals surface area contributed by atoms with E-state index in [2.05, 4.69) is 0 Å². The Bertz CT molecular complexity index is 923. The average molecular weight is 377 g/mol. The van der Waals surface area contributed by atoms with Gasteiger partial charge in [-0.3, -0.25) is 9.10 Å². The number of benzene rings is 2. The summed E-state index contributed by atoms with van der Waals surface area (Å²) < 4.78 is 34.6. The van der Waals surface area contributed by atoms with Crippen LogP contribution in [0.4, 0.5) is 5.69 Å². The first-order valence-corrected chi connectivity index (χ1v) is 9.46. The molecule has 0 atom stereocenters. The minimum atomic E-state index is -3.55. The summed E-state index contributed by atoms with van der Waals surface area (Å²) in [7, 11) is -0.778. The zero-order valence-electron chi connectivity index (χ0n) is 14.6. The fourth-order valence-corrected chi connectivity index (χ4v) is 2.78. The van der Waals surface area contributed by atoms with Crippen molar-refractivity contribution >= 4 is 27.5 Å².